The second-order valence-corrected chi connectivity index (χ2v) is 5.29. The minimum absolute atomic E-state index is 0.168. The van der Waals surface area contributed by atoms with Gasteiger partial charge in [-0.1, -0.05) is 0 Å². The highest BCUT2D eigenvalue weighted by Gasteiger charge is 2.27. The van der Waals surface area contributed by atoms with E-state index in [1.807, 2.05) is 0 Å². The average Bonchev–Trinajstić information content (AvgIpc) is 3.35. The van der Waals surface area contributed by atoms with Gasteiger partial charge in [-0.25, -0.2) is 0 Å². The van der Waals surface area contributed by atoms with Crippen molar-refractivity contribution in [2.24, 2.45) is 0 Å². The van der Waals surface area contributed by atoms with E-state index < -0.39 is 16.5 Å². The van der Waals surface area contributed by atoms with Gasteiger partial charge in [0.2, 0.25) is 5.91 Å². The first kappa shape index (κ1) is 15.1. The summed E-state index contributed by atoms with van der Waals surface area (Å²) in [6.45, 7) is 0.355. The lowest BCUT2D eigenvalue weighted by atomic mass is 10.1. The molecule has 2 N–H and O–H groups in total. The molecular weight excluding hydrogens is 306 g/mol. The first-order valence-electron chi connectivity index (χ1n) is 7.20. The zero-order valence-corrected chi connectivity index (χ0v) is 12.2. The zero-order valence-electron chi connectivity index (χ0n) is 12.2. The molecule has 0 bridgehead atoms. The molecule has 0 saturated heterocycles. The highest BCUT2D eigenvalue weighted by molar-refractivity contribution is 6.00. The van der Waals surface area contributed by atoms with Gasteiger partial charge in [0.05, 0.1) is 17.5 Å². The fourth-order valence-corrected chi connectivity index (χ4v) is 2.17. The fraction of sp³-hybridized carbons (Fsp3) is 0.429. The number of nitro groups is 1. The molecule has 3 rings (SSSR count). The van der Waals surface area contributed by atoms with Gasteiger partial charge in [0, 0.05) is 12.1 Å². The van der Waals surface area contributed by atoms with Crippen LogP contribution in [0.4, 0.5) is 5.69 Å². The average molecular weight is 321 g/mol. The van der Waals surface area contributed by atoms with E-state index in [2.05, 4.69) is 10.6 Å². The van der Waals surface area contributed by atoms with Crippen LogP contribution in [0.15, 0.2) is 12.1 Å². The lowest BCUT2D eigenvalue weighted by molar-refractivity contribution is -0.385. The summed E-state index contributed by atoms with van der Waals surface area (Å²) >= 11 is 0. The van der Waals surface area contributed by atoms with Gasteiger partial charge in [-0.2, -0.15) is 0 Å². The molecule has 2 amide bonds. The number of hydrogen-bond donors (Lipinski definition) is 2. The smallest absolute Gasteiger partial charge is 0.286 e. The van der Waals surface area contributed by atoms with E-state index >= 15 is 0 Å². The number of carbonyl (C=O) groups is 2. The number of carbonyl (C=O) groups excluding carboxylic acids is 2. The fourth-order valence-electron chi connectivity index (χ4n) is 2.17. The Labute approximate surface area is 131 Å². The van der Waals surface area contributed by atoms with Crippen molar-refractivity contribution < 1.29 is 24.0 Å². The van der Waals surface area contributed by atoms with Crippen LogP contribution in [-0.2, 0) is 4.79 Å². The second kappa shape index (κ2) is 6.11. The van der Waals surface area contributed by atoms with Crippen LogP contribution in [0, 0.1) is 10.1 Å². The van der Waals surface area contributed by atoms with Crippen molar-refractivity contribution in [1.29, 1.82) is 0 Å². The second-order valence-electron chi connectivity index (χ2n) is 5.29. The van der Waals surface area contributed by atoms with Gasteiger partial charge in [-0.15, -0.1) is 0 Å². The molecule has 1 aliphatic carbocycles. The van der Waals surface area contributed by atoms with E-state index in [1.165, 1.54) is 6.07 Å². The van der Waals surface area contributed by atoms with Gasteiger partial charge in [0.15, 0.2) is 11.5 Å². The maximum Gasteiger partial charge on any atom is 0.286 e. The predicted molar refractivity (Wildman–Crippen MR) is 77.6 cm³/mol. The number of nitrogens with zero attached hydrogens (tertiary/aromatic N) is 1. The van der Waals surface area contributed by atoms with Crippen LogP contribution in [0.1, 0.15) is 23.2 Å². The molecular formula is C14H15N3O6. The lowest BCUT2D eigenvalue weighted by Crippen LogP contribution is -2.38. The molecule has 0 spiro atoms. The third-order valence-corrected chi connectivity index (χ3v) is 3.45. The molecule has 2 aliphatic rings. The quantitative estimate of drug-likeness (QED) is 0.597. The molecule has 0 aromatic heterocycles. The maximum atomic E-state index is 12.2. The summed E-state index contributed by atoms with van der Waals surface area (Å²) in [6.07, 6.45) is 1.88. The van der Waals surface area contributed by atoms with Crippen LogP contribution in [0.5, 0.6) is 11.5 Å². The van der Waals surface area contributed by atoms with Crippen molar-refractivity contribution in [3.8, 4) is 11.5 Å². The molecule has 1 fully saturated rings. The van der Waals surface area contributed by atoms with E-state index in [0.29, 0.717) is 6.61 Å². The van der Waals surface area contributed by atoms with Crippen molar-refractivity contribution in [3.63, 3.8) is 0 Å². The summed E-state index contributed by atoms with van der Waals surface area (Å²) in [7, 11) is 0. The number of amides is 2. The first-order valence-corrected chi connectivity index (χ1v) is 7.20. The topological polar surface area (TPSA) is 120 Å². The van der Waals surface area contributed by atoms with Gasteiger partial charge in [-0.05, 0) is 12.8 Å². The number of hydrogen-bond acceptors (Lipinski definition) is 6. The van der Waals surface area contributed by atoms with Crippen molar-refractivity contribution in [3.05, 3.63) is 27.8 Å². The van der Waals surface area contributed by atoms with Gasteiger partial charge in [0.1, 0.15) is 18.8 Å². The molecule has 23 heavy (non-hydrogen) atoms. The Morgan fingerprint density at radius 3 is 2.48 bits per heavy atom. The van der Waals surface area contributed by atoms with Gasteiger partial charge >= 0.3 is 0 Å². The van der Waals surface area contributed by atoms with Crippen LogP contribution >= 0.6 is 0 Å². The molecule has 1 aromatic carbocycles. The van der Waals surface area contributed by atoms with E-state index in [4.69, 9.17) is 9.47 Å². The van der Waals surface area contributed by atoms with Crippen LogP contribution in [0.25, 0.3) is 0 Å². The monoisotopic (exact) mass is 321 g/mol. The van der Waals surface area contributed by atoms with E-state index in [1.54, 1.807) is 0 Å². The Morgan fingerprint density at radius 1 is 1.22 bits per heavy atom. The summed E-state index contributed by atoms with van der Waals surface area (Å²) in [5.41, 5.74) is -0.562. The first-order chi connectivity index (χ1) is 11.0. The normalized spacial score (nSPS) is 15.7. The third-order valence-electron chi connectivity index (χ3n) is 3.45. The maximum absolute atomic E-state index is 12.2. The number of nitrogens with one attached hydrogen (secondary N) is 2. The lowest BCUT2D eigenvalue weighted by Gasteiger charge is -2.18. The Hall–Kier alpha value is -2.84. The number of ether oxygens (including phenoxy) is 2. The standard InChI is InChI=1S/C14H15N3O6/c18-13(16-8-1-2-8)7-15-14(19)9-5-11-12(23-4-3-22-11)6-10(9)17(20)21/h5-6,8H,1-4,7H2,(H,15,19)(H,16,18). The Kier molecular flexibility index (Phi) is 4.00. The van der Waals surface area contributed by atoms with Crippen molar-refractivity contribution in [2.75, 3.05) is 19.8 Å². The molecule has 1 saturated carbocycles. The SMILES string of the molecule is O=C(CNC(=O)c1cc2c(cc1[N+](=O)[O-])OCCO2)NC1CC1. The molecule has 1 heterocycles. The molecule has 0 atom stereocenters. The van der Waals surface area contributed by atoms with Crippen molar-refractivity contribution in [1.82, 2.24) is 10.6 Å². The number of benzene rings is 1. The molecule has 1 aliphatic heterocycles. The largest absolute Gasteiger partial charge is 0.486 e. The molecule has 1 aromatic rings. The minimum atomic E-state index is -0.709. The van der Waals surface area contributed by atoms with E-state index in [0.717, 1.165) is 18.9 Å². The summed E-state index contributed by atoms with van der Waals surface area (Å²) in [6, 6.07) is 2.61. The predicted octanol–water partition coefficient (Wildman–Crippen LogP) is 0.374. The number of fused-ring (bicyclic) bond motifs is 1. The van der Waals surface area contributed by atoms with Gasteiger partial charge < -0.3 is 20.1 Å². The number of nitro benzene ring substituents is 1. The third kappa shape index (κ3) is 3.50. The van der Waals surface area contributed by atoms with Gasteiger partial charge in [-0.3, -0.25) is 19.7 Å². The van der Waals surface area contributed by atoms with Gasteiger partial charge in [0.25, 0.3) is 11.6 Å². The molecule has 9 nitrogen and oxygen atoms in total. The van der Waals surface area contributed by atoms with E-state index in [9.17, 15) is 19.7 Å². The minimum Gasteiger partial charge on any atom is -0.486 e. The Balaban J connectivity index is 1.75. The molecule has 0 unspecified atom stereocenters. The molecule has 0 radical (unpaired) electrons. The molecule has 9 heteroatoms. The van der Waals surface area contributed by atoms with Crippen LogP contribution in [0.3, 0.4) is 0 Å². The summed E-state index contributed by atoms with van der Waals surface area (Å²) < 4.78 is 10.6. The zero-order chi connectivity index (χ0) is 16.4. The van der Waals surface area contributed by atoms with Crippen molar-refractivity contribution in [2.45, 2.75) is 18.9 Å². The summed E-state index contributed by atoms with van der Waals surface area (Å²) in [5.74, 6) is -0.527. The molecule has 122 valence electrons. The van der Waals surface area contributed by atoms with Crippen molar-refractivity contribution >= 4 is 17.5 Å². The van der Waals surface area contributed by atoms with Crippen LogP contribution in [0.2, 0.25) is 0 Å². The van der Waals surface area contributed by atoms with Crippen LogP contribution in [-0.4, -0.2) is 42.5 Å². The summed E-state index contributed by atoms with van der Waals surface area (Å²) in [5, 5.41) is 16.3. The van der Waals surface area contributed by atoms with E-state index in [-0.39, 0.29) is 42.2 Å². The Bertz CT molecular complexity index is 671. The summed E-state index contributed by atoms with van der Waals surface area (Å²) in [4.78, 5) is 34.2. The Morgan fingerprint density at radius 2 is 1.87 bits per heavy atom. The highest BCUT2D eigenvalue weighted by atomic mass is 16.6. The number of rotatable bonds is 5. The van der Waals surface area contributed by atoms with Crippen LogP contribution < -0.4 is 20.1 Å². The highest BCUT2D eigenvalue weighted by Crippen LogP contribution is 2.36.